The Morgan fingerprint density at radius 3 is 2.25 bits per heavy atom. The first kappa shape index (κ1) is 11.7. The van der Waals surface area contributed by atoms with Gasteiger partial charge in [0.05, 0.1) is 0 Å². The van der Waals surface area contributed by atoms with Gasteiger partial charge in [0, 0.05) is 26.2 Å². The maximum Gasteiger partial charge on any atom is 0.319 e. The van der Waals surface area contributed by atoms with E-state index in [4.69, 9.17) is 0 Å². The van der Waals surface area contributed by atoms with Crippen molar-refractivity contribution in [2.75, 3.05) is 20.1 Å². The quantitative estimate of drug-likeness (QED) is 0.672. The SMILES string of the molecule is CC1CCC(N(C)C(=O)N2CCCC2)CC1. The average Bonchev–Trinajstić information content (AvgIpc) is 2.81. The van der Waals surface area contributed by atoms with E-state index in [1.807, 2.05) is 16.8 Å². The van der Waals surface area contributed by atoms with Crippen molar-refractivity contribution < 1.29 is 4.79 Å². The van der Waals surface area contributed by atoms with E-state index in [1.54, 1.807) is 0 Å². The minimum Gasteiger partial charge on any atom is -0.325 e. The summed E-state index contributed by atoms with van der Waals surface area (Å²) in [4.78, 5) is 16.2. The lowest BCUT2D eigenvalue weighted by Gasteiger charge is -2.35. The molecule has 2 amide bonds. The molecule has 0 aromatic carbocycles. The summed E-state index contributed by atoms with van der Waals surface area (Å²) in [5, 5.41) is 0. The first-order valence-corrected chi connectivity index (χ1v) is 6.70. The van der Waals surface area contributed by atoms with Crippen molar-refractivity contribution in [1.82, 2.24) is 9.80 Å². The lowest BCUT2D eigenvalue weighted by atomic mass is 9.87. The Hall–Kier alpha value is -0.730. The normalized spacial score (nSPS) is 30.5. The molecule has 0 atom stereocenters. The fourth-order valence-electron chi connectivity index (χ4n) is 2.92. The first-order chi connectivity index (χ1) is 7.68. The standard InChI is InChI=1S/C13H24N2O/c1-11-5-7-12(8-6-11)14(2)13(16)15-9-3-4-10-15/h11-12H,3-10H2,1-2H3. The number of rotatable bonds is 1. The summed E-state index contributed by atoms with van der Waals surface area (Å²) >= 11 is 0. The van der Waals surface area contributed by atoms with Crippen LogP contribution in [0.3, 0.4) is 0 Å². The van der Waals surface area contributed by atoms with Crippen molar-refractivity contribution in [2.24, 2.45) is 5.92 Å². The van der Waals surface area contributed by atoms with Crippen molar-refractivity contribution in [1.29, 1.82) is 0 Å². The van der Waals surface area contributed by atoms with E-state index >= 15 is 0 Å². The second-order valence-electron chi connectivity index (χ2n) is 5.50. The van der Waals surface area contributed by atoms with Crippen molar-refractivity contribution in [3.05, 3.63) is 0 Å². The topological polar surface area (TPSA) is 23.6 Å². The third kappa shape index (κ3) is 2.50. The Morgan fingerprint density at radius 1 is 1.12 bits per heavy atom. The molecule has 0 radical (unpaired) electrons. The number of carbonyl (C=O) groups excluding carboxylic acids is 1. The number of amides is 2. The molecule has 3 heteroatoms. The zero-order valence-corrected chi connectivity index (χ0v) is 10.6. The van der Waals surface area contributed by atoms with E-state index < -0.39 is 0 Å². The summed E-state index contributed by atoms with van der Waals surface area (Å²) in [6.07, 6.45) is 7.31. The number of nitrogens with zero attached hydrogens (tertiary/aromatic N) is 2. The van der Waals surface area contributed by atoms with E-state index in [2.05, 4.69) is 6.92 Å². The molecule has 0 spiro atoms. The number of hydrogen-bond acceptors (Lipinski definition) is 1. The van der Waals surface area contributed by atoms with Crippen molar-refractivity contribution in [3.8, 4) is 0 Å². The molecule has 3 nitrogen and oxygen atoms in total. The van der Waals surface area contributed by atoms with E-state index in [9.17, 15) is 4.79 Å². The molecule has 0 N–H and O–H groups in total. The predicted molar refractivity (Wildman–Crippen MR) is 65.4 cm³/mol. The zero-order valence-electron chi connectivity index (χ0n) is 10.6. The van der Waals surface area contributed by atoms with E-state index in [0.29, 0.717) is 6.04 Å². The Labute approximate surface area is 98.8 Å². The molecule has 1 heterocycles. The Morgan fingerprint density at radius 2 is 1.69 bits per heavy atom. The van der Waals surface area contributed by atoms with Crippen LogP contribution in [0.15, 0.2) is 0 Å². The van der Waals surface area contributed by atoms with Crippen LogP contribution < -0.4 is 0 Å². The molecule has 92 valence electrons. The van der Waals surface area contributed by atoms with E-state index in [1.165, 1.54) is 38.5 Å². The molecule has 0 aromatic rings. The highest BCUT2D eigenvalue weighted by Gasteiger charge is 2.28. The minimum absolute atomic E-state index is 0.261. The van der Waals surface area contributed by atoms with Gasteiger partial charge in [0.25, 0.3) is 0 Å². The number of likely N-dealkylation sites (tertiary alicyclic amines) is 1. The molecule has 0 unspecified atom stereocenters. The highest BCUT2D eigenvalue weighted by atomic mass is 16.2. The summed E-state index contributed by atoms with van der Waals surface area (Å²) in [7, 11) is 1.99. The summed E-state index contributed by atoms with van der Waals surface area (Å²) in [5.74, 6) is 0.853. The maximum atomic E-state index is 12.2. The van der Waals surface area contributed by atoms with Crippen LogP contribution in [0.2, 0.25) is 0 Å². The Kier molecular flexibility index (Phi) is 3.72. The second kappa shape index (κ2) is 5.07. The Bertz CT molecular complexity index is 240. The smallest absolute Gasteiger partial charge is 0.319 e. The summed E-state index contributed by atoms with van der Waals surface area (Å²) in [6, 6.07) is 0.751. The van der Waals surface area contributed by atoms with Gasteiger partial charge in [-0.05, 0) is 44.4 Å². The third-order valence-electron chi connectivity index (χ3n) is 4.21. The first-order valence-electron chi connectivity index (χ1n) is 6.70. The highest BCUT2D eigenvalue weighted by molar-refractivity contribution is 5.74. The van der Waals surface area contributed by atoms with Gasteiger partial charge in [0.15, 0.2) is 0 Å². The van der Waals surface area contributed by atoms with Gasteiger partial charge in [-0.3, -0.25) is 0 Å². The van der Waals surface area contributed by atoms with Gasteiger partial charge >= 0.3 is 6.03 Å². The molecular weight excluding hydrogens is 200 g/mol. The fraction of sp³-hybridized carbons (Fsp3) is 0.923. The lowest BCUT2D eigenvalue weighted by molar-refractivity contribution is 0.135. The Balaban J connectivity index is 1.86. The summed E-state index contributed by atoms with van der Waals surface area (Å²) < 4.78 is 0. The molecule has 1 aliphatic heterocycles. The molecule has 2 aliphatic rings. The van der Waals surface area contributed by atoms with Crippen LogP contribution in [0.25, 0.3) is 0 Å². The minimum atomic E-state index is 0.261. The van der Waals surface area contributed by atoms with Crippen LogP contribution in [-0.4, -0.2) is 42.0 Å². The molecule has 2 fully saturated rings. The van der Waals surface area contributed by atoms with Crippen LogP contribution >= 0.6 is 0 Å². The van der Waals surface area contributed by atoms with Gasteiger partial charge in [-0.25, -0.2) is 4.79 Å². The van der Waals surface area contributed by atoms with Gasteiger partial charge in [0.2, 0.25) is 0 Å². The summed E-state index contributed by atoms with van der Waals surface area (Å²) in [6.45, 7) is 4.25. The van der Waals surface area contributed by atoms with Crippen molar-refractivity contribution in [3.63, 3.8) is 0 Å². The predicted octanol–water partition coefficient (Wildman–Crippen LogP) is 2.71. The van der Waals surface area contributed by atoms with Gasteiger partial charge in [-0.1, -0.05) is 6.92 Å². The average molecular weight is 224 g/mol. The highest BCUT2D eigenvalue weighted by Crippen LogP contribution is 2.27. The van der Waals surface area contributed by atoms with Crippen molar-refractivity contribution >= 4 is 6.03 Å². The number of hydrogen-bond donors (Lipinski definition) is 0. The molecule has 0 aromatic heterocycles. The van der Waals surface area contributed by atoms with Crippen LogP contribution in [-0.2, 0) is 0 Å². The molecule has 1 aliphatic carbocycles. The number of carbonyl (C=O) groups is 1. The molecule has 2 rings (SSSR count). The van der Waals surface area contributed by atoms with Crippen LogP contribution in [0, 0.1) is 5.92 Å². The third-order valence-corrected chi connectivity index (χ3v) is 4.21. The monoisotopic (exact) mass is 224 g/mol. The summed E-state index contributed by atoms with van der Waals surface area (Å²) in [5.41, 5.74) is 0. The van der Waals surface area contributed by atoms with Gasteiger partial charge < -0.3 is 9.80 Å². The fourth-order valence-corrected chi connectivity index (χ4v) is 2.92. The van der Waals surface area contributed by atoms with Gasteiger partial charge in [-0.15, -0.1) is 0 Å². The van der Waals surface area contributed by atoms with E-state index in [0.717, 1.165) is 19.0 Å². The van der Waals surface area contributed by atoms with Gasteiger partial charge in [-0.2, -0.15) is 0 Å². The zero-order chi connectivity index (χ0) is 11.5. The molecular formula is C13H24N2O. The largest absolute Gasteiger partial charge is 0.325 e. The van der Waals surface area contributed by atoms with Crippen LogP contribution in [0.1, 0.15) is 45.4 Å². The molecule has 1 saturated heterocycles. The number of urea groups is 1. The maximum absolute atomic E-state index is 12.2. The lowest BCUT2D eigenvalue weighted by Crippen LogP contribution is -2.46. The molecule has 1 saturated carbocycles. The van der Waals surface area contributed by atoms with Crippen molar-refractivity contribution in [2.45, 2.75) is 51.5 Å². The van der Waals surface area contributed by atoms with E-state index in [-0.39, 0.29) is 6.03 Å². The molecule has 0 bridgehead atoms. The van der Waals surface area contributed by atoms with Crippen LogP contribution in [0.5, 0.6) is 0 Å². The molecule has 16 heavy (non-hydrogen) atoms. The van der Waals surface area contributed by atoms with Crippen LogP contribution in [0.4, 0.5) is 4.79 Å². The van der Waals surface area contributed by atoms with Gasteiger partial charge in [0.1, 0.15) is 0 Å². The second-order valence-corrected chi connectivity index (χ2v) is 5.50.